The minimum atomic E-state index is 0.608. The molecule has 0 aliphatic heterocycles. The highest BCUT2D eigenvalue weighted by Gasteiger charge is 2.03. The number of rotatable bonds is 6. The number of benzene rings is 2. The van der Waals surface area contributed by atoms with Gasteiger partial charge in [0, 0.05) is 31.6 Å². The van der Waals surface area contributed by atoms with Crippen molar-refractivity contribution in [3.8, 4) is 16.9 Å². The van der Waals surface area contributed by atoms with E-state index in [-0.39, 0.29) is 0 Å². The first-order valence-corrected chi connectivity index (χ1v) is 7.43. The molecule has 0 atom stereocenters. The van der Waals surface area contributed by atoms with Crippen molar-refractivity contribution in [3.05, 3.63) is 48.8 Å². The molecule has 3 aromatic rings. The maximum absolute atomic E-state index is 5.25. The molecule has 118 valence electrons. The Morgan fingerprint density at radius 1 is 0.913 bits per heavy atom. The lowest BCUT2D eigenvalue weighted by Crippen LogP contribution is -2.09. The number of hydrogen-bond donors (Lipinski definition) is 1. The van der Waals surface area contributed by atoms with Gasteiger partial charge in [0.1, 0.15) is 5.75 Å². The number of fused-ring (bicyclic) bond motifs is 1. The van der Waals surface area contributed by atoms with E-state index >= 15 is 0 Å². The Morgan fingerprint density at radius 2 is 1.65 bits per heavy atom. The van der Waals surface area contributed by atoms with Gasteiger partial charge in [-0.2, -0.15) is 0 Å². The maximum atomic E-state index is 5.25. The summed E-state index contributed by atoms with van der Waals surface area (Å²) in [6.45, 7) is 1.31. The van der Waals surface area contributed by atoms with Crippen molar-refractivity contribution in [1.82, 2.24) is 9.97 Å². The van der Waals surface area contributed by atoms with Crippen LogP contribution in [0.1, 0.15) is 0 Å². The highest BCUT2D eigenvalue weighted by molar-refractivity contribution is 5.88. The fraction of sp³-hybridized carbons (Fsp3) is 0.222. The van der Waals surface area contributed by atoms with Crippen LogP contribution in [0.3, 0.4) is 0 Å². The predicted molar refractivity (Wildman–Crippen MR) is 91.9 cm³/mol. The van der Waals surface area contributed by atoms with Crippen LogP contribution in [0.5, 0.6) is 5.75 Å². The molecular weight excluding hydrogens is 290 g/mol. The van der Waals surface area contributed by atoms with Crippen LogP contribution in [0.4, 0.5) is 5.95 Å². The van der Waals surface area contributed by atoms with E-state index in [1.807, 2.05) is 24.5 Å². The van der Waals surface area contributed by atoms with Gasteiger partial charge in [0.05, 0.1) is 13.7 Å². The molecule has 0 aliphatic rings. The van der Waals surface area contributed by atoms with Crippen LogP contribution in [0, 0.1) is 0 Å². The van der Waals surface area contributed by atoms with Gasteiger partial charge in [-0.05, 0) is 34.5 Å². The van der Waals surface area contributed by atoms with E-state index in [0.717, 1.165) is 27.6 Å². The number of aromatic nitrogens is 2. The summed E-state index contributed by atoms with van der Waals surface area (Å²) in [5.74, 6) is 1.47. The van der Waals surface area contributed by atoms with E-state index in [4.69, 9.17) is 9.47 Å². The van der Waals surface area contributed by atoms with Crippen molar-refractivity contribution in [2.45, 2.75) is 0 Å². The van der Waals surface area contributed by atoms with Gasteiger partial charge < -0.3 is 14.8 Å². The van der Waals surface area contributed by atoms with Crippen LogP contribution in [-0.2, 0) is 4.74 Å². The Hall–Kier alpha value is -2.66. The van der Waals surface area contributed by atoms with Crippen LogP contribution >= 0.6 is 0 Å². The van der Waals surface area contributed by atoms with Crippen LogP contribution < -0.4 is 10.1 Å². The Labute approximate surface area is 135 Å². The van der Waals surface area contributed by atoms with E-state index < -0.39 is 0 Å². The highest BCUT2D eigenvalue weighted by atomic mass is 16.5. The summed E-state index contributed by atoms with van der Waals surface area (Å²) in [7, 11) is 3.34. The molecule has 0 bridgehead atoms. The zero-order chi connectivity index (χ0) is 16.1. The highest BCUT2D eigenvalue weighted by Crippen LogP contribution is 2.26. The van der Waals surface area contributed by atoms with E-state index in [0.29, 0.717) is 19.1 Å². The average molecular weight is 309 g/mol. The van der Waals surface area contributed by atoms with Gasteiger partial charge in [0.15, 0.2) is 0 Å². The molecule has 0 unspecified atom stereocenters. The van der Waals surface area contributed by atoms with Crippen molar-refractivity contribution >= 4 is 16.7 Å². The predicted octanol–water partition coefficient (Wildman–Crippen LogP) is 3.36. The molecule has 0 saturated heterocycles. The van der Waals surface area contributed by atoms with E-state index in [2.05, 4.69) is 39.6 Å². The van der Waals surface area contributed by atoms with Gasteiger partial charge >= 0.3 is 0 Å². The summed E-state index contributed by atoms with van der Waals surface area (Å²) in [4.78, 5) is 8.67. The first kappa shape index (κ1) is 15.2. The van der Waals surface area contributed by atoms with Crippen LogP contribution in [0.2, 0.25) is 0 Å². The van der Waals surface area contributed by atoms with Gasteiger partial charge in [-0.25, -0.2) is 9.97 Å². The van der Waals surface area contributed by atoms with E-state index in [9.17, 15) is 0 Å². The number of hydrogen-bond acceptors (Lipinski definition) is 5. The quantitative estimate of drug-likeness (QED) is 0.708. The first-order valence-electron chi connectivity index (χ1n) is 7.43. The molecule has 0 spiro atoms. The third kappa shape index (κ3) is 3.57. The SMILES string of the molecule is COCCNc1ncc(-c2ccc3cc(OC)ccc3c2)cn1. The molecule has 0 amide bonds. The summed E-state index contributed by atoms with van der Waals surface area (Å²) < 4.78 is 10.2. The van der Waals surface area contributed by atoms with Crippen molar-refractivity contribution < 1.29 is 9.47 Å². The number of anilines is 1. The number of ether oxygens (including phenoxy) is 2. The Kier molecular flexibility index (Phi) is 4.68. The smallest absolute Gasteiger partial charge is 0.222 e. The summed E-state index contributed by atoms with van der Waals surface area (Å²) in [6.07, 6.45) is 3.65. The average Bonchev–Trinajstić information content (AvgIpc) is 2.61. The van der Waals surface area contributed by atoms with Gasteiger partial charge in [-0.1, -0.05) is 18.2 Å². The van der Waals surface area contributed by atoms with E-state index in [1.54, 1.807) is 14.2 Å². The number of nitrogens with zero attached hydrogens (tertiary/aromatic N) is 2. The standard InChI is InChI=1S/C18H19N3O2/c1-22-8-7-19-18-20-11-16(12-21-18)14-3-4-15-10-17(23-2)6-5-13(15)9-14/h3-6,9-12H,7-8H2,1-2H3,(H,19,20,21). The fourth-order valence-corrected chi connectivity index (χ4v) is 2.36. The minimum Gasteiger partial charge on any atom is -0.497 e. The lowest BCUT2D eigenvalue weighted by molar-refractivity contribution is 0.210. The van der Waals surface area contributed by atoms with Crippen LogP contribution in [-0.4, -0.2) is 37.3 Å². The summed E-state index contributed by atoms with van der Waals surface area (Å²) in [6, 6.07) is 12.3. The fourth-order valence-electron chi connectivity index (χ4n) is 2.36. The van der Waals surface area contributed by atoms with E-state index in [1.165, 1.54) is 0 Å². The molecule has 1 heterocycles. The number of methoxy groups -OCH3 is 2. The molecule has 0 radical (unpaired) electrons. The molecule has 0 aliphatic carbocycles. The maximum Gasteiger partial charge on any atom is 0.222 e. The third-order valence-corrected chi connectivity index (χ3v) is 3.62. The molecule has 23 heavy (non-hydrogen) atoms. The second-order valence-electron chi connectivity index (χ2n) is 5.14. The van der Waals surface area contributed by atoms with Crippen LogP contribution in [0.25, 0.3) is 21.9 Å². The number of nitrogens with one attached hydrogen (secondary N) is 1. The molecular formula is C18H19N3O2. The molecule has 0 fully saturated rings. The Bertz CT molecular complexity index is 788. The molecule has 1 aromatic heterocycles. The first-order chi connectivity index (χ1) is 11.3. The van der Waals surface area contributed by atoms with Crippen molar-refractivity contribution in [2.24, 2.45) is 0 Å². The minimum absolute atomic E-state index is 0.608. The zero-order valence-corrected chi connectivity index (χ0v) is 13.2. The molecule has 2 aromatic carbocycles. The summed E-state index contributed by atoms with van der Waals surface area (Å²) in [5, 5.41) is 5.41. The van der Waals surface area contributed by atoms with Crippen LogP contribution in [0.15, 0.2) is 48.8 Å². The lowest BCUT2D eigenvalue weighted by atomic mass is 10.0. The topological polar surface area (TPSA) is 56.3 Å². The molecule has 1 N–H and O–H groups in total. The summed E-state index contributed by atoms with van der Waals surface area (Å²) in [5.41, 5.74) is 2.08. The molecule has 5 heteroatoms. The molecule has 3 rings (SSSR count). The molecule has 0 saturated carbocycles. The lowest BCUT2D eigenvalue weighted by Gasteiger charge is -2.07. The third-order valence-electron chi connectivity index (χ3n) is 3.62. The van der Waals surface area contributed by atoms with Crippen molar-refractivity contribution in [3.63, 3.8) is 0 Å². The normalized spacial score (nSPS) is 10.7. The van der Waals surface area contributed by atoms with Gasteiger partial charge in [0.25, 0.3) is 0 Å². The largest absolute Gasteiger partial charge is 0.497 e. The second-order valence-corrected chi connectivity index (χ2v) is 5.14. The summed E-state index contributed by atoms with van der Waals surface area (Å²) >= 11 is 0. The zero-order valence-electron chi connectivity index (χ0n) is 13.2. The second kappa shape index (κ2) is 7.07. The van der Waals surface area contributed by atoms with Gasteiger partial charge in [-0.3, -0.25) is 0 Å². The monoisotopic (exact) mass is 309 g/mol. The van der Waals surface area contributed by atoms with Gasteiger partial charge in [-0.15, -0.1) is 0 Å². The Balaban J connectivity index is 1.82. The molecule has 5 nitrogen and oxygen atoms in total. The van der Waals surface area contributed by atoms with Gasteiger partial charge in [0.2, 0.25) is 5.95 Å². The van der Waals surface area contributed by atoms with Crippen molar-refractivity contribution in [1.29, 1.82) is 0 Å². The Morgan fingerprint density at radius 3 is 2.39 bits per heavy atom. The van der Waals surface area contributed by atoms with Crippen molar-refractivity contribution in [2.75, 3.05) is 32.7 Å².